The molecule has 0 aromatic carbocycles. The highest BCUT2D eigenvalue weighted by atomic mass is 32.8. The van der Waals surface area contributed by atoms with E-state index in [4.69, 9.17) is 0 Å². The molecule has 6 heavy (non-hydrogen) atoms. The molecule has 0 bridgehead atoms. The molecule has 0 aliphatic heterocycles. The SMILES string of the molecule is COS(C)(=O)=S. The second kappa shape index (κ2) is 1.86. The second-order valence-electron chi connectivity index (χ2n) is 0.871. The van der Waals surface area contributed by atoms with E-state index in [2.05, 4.69) is 15.4 Å². The van der Waals surface area contributed by atoms with Crippen molar-refractivity contribution >= 4 is 20.0 Å². The van der Waals surface area contributed by atoms with E-state index in [1.165, 1.54) is 13.4 Å². The van der Waals surface area contributed by atoms with Gasteiger partial charge in [-0.25, -0.2) is 4.21 Å². The van der Waals surface area contributed by atoms with Crippen molar-refractivity contribution in [2.45, 2.75) is 0 Å². The highest BCUT2D eigenvalue weighted by Gasteiger charge is 1.84. The van der Waals surface area contributed by atoms with Crippen LogP contribution in [-0.4, -0.2) is 17.6 Å². The lowest BCUT2D eigenvalue weighted by atomic mass is 11.8. The van der Waals surface area contributed by atoms with Crippen molar-refractivity contribution in [1.82, 2.24) is 0 Å². The van der Waals surface area contributed by atoms with Gasteiger partial charge in [-0.1, -0.05) is 0 Å². The van der Waals surface area contributed by atoms with Crippen LogP contribution in [0.15, 0.2) is 0 Å². The Morgan fingerprint density at radius 3 is 2.00 bits per heavy atom. The predicted molar refractivity (Wildman–Crippen MR) is 28.4 cm³/mol. The molecule has 1 atom stereocenters. The molecule has 2 nitrogen and oxygen atoms in total. The Labute approximate surface area is 42.4 Å². The first-order chi connectivity index (χ1) is 2.56. The highest BCUT2D eigenvalue weighted by Crippen LogP contribution is 1.77. The first kappa shape index (κ1) is 6.33. The van der Waals surface area contributed by atoms with Crippen molar-refractivity contribution in [3.8, 4) is 0 Å². The van der Waals surface area contributed by atoms with Crippen molar-refractivity contribution in [3.63, 3.8) is 0 Å². The lowest BCUT2D eigenvalue weighted by Crippen LogP contribution is -1.93. The minimum Gasteiger partial charge on any atom is -0.294 e. The maximum absolute atomic E-state index is 10.1. The molecule has 0 aromatic heterocycles. The summed E-state index contributed by atoms with van der Waals surface area (Å²) >= 11 is 4.29. The molecule has 0 saturated carbocycles. The van der Waals surface area contributed by atoms with Gasteiger partial charge in [0.15, 0.2) is 0 Å². The van der Waals surface area contributed by atoms with Gasteiger partial charge in [0.1, 0.15) is 8.77 Å². The fraction of sp³-hybridized carbons (Fsp3) is 1.00. The predicted octanol–water partition coefficient (Wildman–Crippen LogP) is -0.0761. The van der Waals surface area contributed by atoms with E-state index >= 15 is 0 Å². The van der Waals surface area contributed by atoms with Crippen LogP contribution in [0.25, 0.3) is 0 Å². The van der Waals surface area contributed by atoms with Crippen LogP contribution in [0.4, 0.5) is 0 Å². The summed E-state index contributed by atoms with van der Waals surface area (Å²) in [5.41, 5.74) is 0. The number of rotatable bonds is 1. The Balaban J connectivity index is 3.85. The fourth-order valence-electron chi connectivity index (χ4n) is 0. The molecule has 0 heterocycles. The summed E-state index contributed by atoms with van der Waals surface area (Å²) in [4.78, 5) is 0. The molecule has 0 amide bonds. The maximum atomic E-state index is 10.1. The van der Waals surface area contributed by atoms with E-state index in [1.54, 1.807) is 0 Å². The topological polar surface area (TPSA) is 26.3 Å². The molecule has 0 aliphatic rings. The zero-order chi connectivity index (χ0) is 5.21. The van der Waals surface area contributed by atoms with Crippen LogP contribution in [0.1, 0.15) is 0 Å². The zero-order valence-electron chi connectivity index (χ0n) is 3.63. The van der Waals surface area contributed by atoms with Gasteiger partial charge in [0.2, 0.25) is 0 Å². The largest absolute Gasteiger partial charge is 0.294 e. The Hall–Kier alpha value is 0.330. The van der Waals surface area contributed by atoms with Gasteiger partial charge < -0.3 is 0 Å². The Kier molecular flexibility index (Phi) is 1.96. The first-order valence-corrected chi connectivity index (χ1v) is 4.13. The molecular weight excluding hydrogens is 120 g/mol. The van der Waals surface area contributed by atoms with Crippen LogP contribution >= 0.6 is 0 Å². The minimum atomic E-state index is -2.33. The molecule has 0 fully saturated rings. The summed E-state index contributed by atoms with van der Waals surface area (Å²) in [6, 6.07) is 0. The Morgan fingerprint density at radius 2 is 2.00 bits per heavy atom. The second-order valence-corrected chi connectivity index (χ2v) is 4.43. The first-order valence-electron chi connectivity index (χ1n) is 1.32. The average molecular weight is 126 g/mol. The smallest absolute Gasteiger partial charge is 0.140 e. The van der Waals surface area contributed by atoms with Crippen molar-refractivity contribution in [1.29, 1.82) is 0 Å². The van der Waals surface area contributed by atoms with Crippen LogP contribution in [0.3, 0.4) is 0 Å². The van der Waals surface area contributed by atoms with Crippen LogP contribution in [0.2, 0.25) is 0 Å². The van der Waals surface area contributed by atoms with Crippen molar-refractivity contribution in [2.24, 2.45) is 0 Å². The third-order valence-corrected chi connectivity index (χ3v) is 1.32. The fourth-order valence-corrected chi connectivity index (χ4v) is 0. The van der Waals surface area contributed by atoms with E-state index in [0.717, 1.165) is 0 Å². The third-order valence-electron chi connectivity index (χ3n) is 0.303. The van der Waals surface area contributed by atoms with Gasteiger partial charge in [-0.3, -0.25) is 4.18 Å². The van der Waals surface area contributed by atoms with Gasteiger partial charge >= 0.3 is 0 Å². The summed E-state index contributed by atoms with van der Waals surface area (Å²) in [5.74, 6) is 0. The molecule has 0 N–H and O–H groups in total. The summed E-state index contributed by atoms with van der Waals surface area (Å²) in [6.07, 6.45) is 1.36. The van der Waals surface area contributed by atoms with E-state index in [1.807, 2.05) is 0 Å². The van der Waals surface area contributed by atoms with Gasteiger partial charge in [0.25, 0.3) is 0 Å². The van der Waals surface area contributed by atoms with Crippen LogP contribution in [0.5, 0.6) is 0 Å². The van der Waals surface area contributed by atoms with Crippen LogP contribution in [0, 0.1) is 0 Å². The van der Waals surface area contributed by atoms with E-state index in [-0.39, 0.29) is 0 Å². The third kappa shape index (κ3) is 4.33. The standard InChI is InChI=1S/C2H6O2S2/c1-4-6(2,3)5/h1-2H3. The van der Waals surface area contributed by atoms with Gasteiger partial charge in [0, 0.05) is 17.4 Å². The lowest BCUT2D eigenvalue weighted by molar-refractivity contribution is 0.448. The molecule has 1 unspecified atom stereocenters. The molecule has 0 aliphatic carbocycles. The minimum absolute atomic E-state index is 1.33. The van der Waals surface area contributed by atoms with Crippen LogP contribution < -0.4 is 0 Å². The average Bonchev–Trinajstić information content (AvgIpc) is 1.35. The molecule has 38 valence electrons. The number of hydrogen-bond acceptors (Lipinski definition) is 3. The number of hydrogen-bond donors (Lipinski definition) is 0. The van der Waals surface area contributed by atoms with Gasteiger partial charge in [-0.2, -0.15) is 0 Å². The monoisotopic (exact) mass is 126 g/mol. The molecule has 0 rings (SSSR count). The summed E-state index contributed by atoms with van der Waals surface area (Å²) in [5, 5.41) is 0. The summed E-state index contributed by atoms with van der Waals surface area (Å²) in [7, 11) is -1.00. The molecule has 0 aromatic rings. The molecule has 4 heteroatoms. The van der Waals surface area contributed by atoms with Gasteiger partial charge in [-0.05, 0) is 0 Å². The van der Waals surface area contributed by atoms with Crippen LogP contribution in [-0.2, 0) is 24.1 Å². The van der Waals surface area contributed by atoms with E-state index in [0.29, 0.717) is 0 Å². The molecular formula is C2H6O2S2. The van der Waals surface area contributed by atoms with Crippen molar-refractivity contribution in [3.05, 3.63) is 0 Å². The molecule has 0 radical (unpaired) electrons. The Morgan fingerprint density at radius 1 is 1.83 bits per heavy atom. The summed E-state index contributed by atoms with van der Waals surface area (Å²) < 4.78 is 14.4. The van der Waals surface area contributed by atoms with Gasteiger partial charge in [0.05, 0.1) is 7.11 Å². The molecule has 0 spiro atoms. The van der Waals surface area contributed by atoms with E-state index in [9.17, 15) is 4.21 Å². The summed E-state index contributed by atoms with van der Waals surface area (Å²) in [6.45, 7) is 0. The maximum Gasteiger partial charge on any atom is 0.140 e. The lowest BCUT2D eigenvalue weighted by Gasteiger charge is -1.88. The quantitative estimate of drug-likeness (QED) is 0.491. The van der Waals surface area contributed by atoms with Crippen molar-refractivity contribution in [2.75, 3.05) is 13.4 Å². The van der Waals surface area contributed by atoms with E-state index < -0.39 is 8.77 Å². The van der Waals surface area contributed by atoms with Crippen molar-refractivity contribution < 1.29 is 8.39 Å². The highest BCUT2D eigenvalue weighted by molar-refractivity contribution is 8.29. The van der Waals surface area contributed by atoms with Gasteiger partial charge in [-0.15, -0.1) is 0 Å². The normalized spacial score (nSPS) is 19.7. The molecule has 0 saturated heterocycles. The zero-order valence-corrected chi connectivity index (χ0v) is 5.27. The Bertz CT molecular complexity index is 112.